The minimum absolute atomic E-state index is 0.104. The van der Waals surface area contributed by atoms with Crippen molar-refractivity contribution >= 4 is 13.1 Å². The van der Waals surface area contributed by atoms with Crippen molar-refractivity contribution in [2.75, 3.05) is 6.54 Å². The van der Waals surface area contributed by atoms with Gasteiger partial charge in [0.2, 0.25) is 0 Å². The molecule has 0 spiro atoms. The zero-order chi connectivity index (χ0) is 17.1. The minimum Gasteiger partial charge on any atom is -0.480 e. The number of rotatable bonds is 5. The van der Waals surface area contributed by atoms with Gasteiger partial charge in [-0.2, -0.15) is 0 Å². The monoisotopic (exact) mass is 335 g/mol. The lowest BCUT2D eigenvalue weighted by Crippen LogP contribution is -2.65. The average Bonchev–Trinajstić information content (AvgIpc) is 3.09. The number of nitrogens with one attached hydrogen (secondary N) is 1. The van der Waals surface area contributed by atoms with Gasteiger partial charge in [-0.15, -0.1) is 0 Å². The van der Waals surface area contributed by atoms with Crippen molar-refractivity contribution in [1.82, 2.24) is 5.32 Å². The first kappa shape index (κ1) is 16.9. The Hall–Kier alpha value is -0.585. The fraction of sp³-hybridized carbons (Fsp3) is 0.944. The molecular formula is C18H30BNO4. The molecule has 24 heavy (non-hydrogen) atoms. The summed E-state index contributed by atoms with van der Waals surface area (Å²) in [5.74, 6) is 0.915. The first-order valence-electron chi connectivity index (χ1n) is 9.62. The van der Waals surface area contributed by atoms with Crippen LogP contribution >= 0.6 is 0 Å². The molecule has 6 atom stereocenters. The van der Waals surface area contributed by atoms with E-state index in [1.165, 1.54) is 6.42 Å². The van der Waals surface area contributed by atoms with Crippen molar-refractivity contribution in [3.8, 4) is 0 Å². The summed E-state index contributed by atoms with van der Waals surface area (Å²) in [6.07, 6.45) is 6.41. The van der Waals surface area contributed by atoms with Crippen LogP contribution in [-0.4, -0.2) is 42.5 Å². The van der Waals surface area contributed by atoms with E-state index in [9.17, 15) is 9.90 Å². The van der Waals surface area contributed by atoms with Gasteiger partial charge in [-0.1, -0.05) is 20.3 Å². The molecule has 5 rings (SSSR count). The molecule has 0 radical (unpaired) electrons. The number of aliphatic carboxylic acids is 1. The van der Waals surface area contributed by atoms with Crippen molar-refractivity contribution in [2.45, 2.75) is 76.9 Å². The second kappa shape index (κ2) is 5.71. The SMILES string of the molecule is CC1(C)[C@@H]2C[C@@H]3OB(CCC[C@@H]4CCN[C@@H]4C(=O)O)O[C@]3(C)[C@@H]1C2. The highest BCUT2D eigenvalue weighted by Crippen LogP contribution is 2.65. The van der Waals surface area contributed by atoms with Gasteiger partial charge in [-0.3, -0.25) is 4.79 Å². The summed E-state index contributed by atoms with van der Waals surface area (Å²) in [7, 11) is -0.104. The van der Waals surface area contributed by atoms with E-state index < -0.39 is 5.97 Å². The maximum atomic E-state index is 11.2. The number of hydrogen-bond acceptors (Lipinski definition) is 4. The lowest BCUT2D eigenvalue weighted by atomic mass is 9.43. The molecule has 0 aromatic rings. The zero-order valence-electron chi connectivity index (χ0n) is 15.1. The first-order valence-corrected chi connectivity index (χ1v) is 9.62. The highest BCUT2D eigenvalue weighted by Gasteiger charge is 2.67. The Morgan fingerprint density at radius 2 is 2.12 bits per heavy atom. The molecule has 5 fully saturated rings. The lowest BCUT2D eigenvalue weighted by molar-refractivity contribution is -0.199. The van der Waals surface area contributed by atoms with E-state index in [1.54, 1.807) is 0 Å². The quantitative estimate of drug-likeness (QED) is 0.756. The fourth-order valence-corrected chi connectivity index (χ4v) is 5.98. The summed E-state index contributed by atoms with van der Waals surface area (Å²) in [6.45, 7) is 7.82. The predicted molar refractivity (Wildman–Crippen MR) is 91.7 cm³/mol. The van der Waals surface area contributed by atoms with Gasteiger partial charge in [0.25, 0.3) is 0 Å². The summed E-state index contributed by atoms with van der Waals surface area (Å²) in [5.41, 5.74) is 0.259. The third kappa shape index (κ3) is 2.45. The van der Waals surface area contributed by atoms with Crippen LogP contribution in [-0.2, 0) is 14.1 Å². The maximum Gasteiger partial charge on any atom is 0.457 e. The zero-order valence-corrected chi connectivity index (χ0v) is 15.1. The third-order valence-corrected chi connectivity index (χ3v) is 7.63. The van der Waals surface area contributed by atoms with Crippen molar-refractivity contribution in [3.63, 3.8) is 0 Å². The molecule has 5 aliphatic rings. The highest BCUT2D eigenvalue weighted by atomic mass is 16.7. The van der Waals surface area contributed by atoms with Crippen LogP contribution in [0.1, 0.15) is 52.9 Å². The summed E-state index contributed by atoms with van der Waals surface area (Å²) >= 11 is 0. The number of carboxylic acids is 1. The van der Waals surface area contributed by atoms with Crippen LogP contribution < -0.4 is 5.32 Å². The average molecular weight is 335 g/mol. The smallest absolute Gasteiger partial charge is 0.457 e. The molecule has 0 unspecified atom stereocenters. The largest absolute Gasteiger partial charge is 0.480 e. The standard InChI is InChI=1S/C18H30BNO4/c1-17(2)12-9-13(17)18(3)14(10-12)23-19(24-18)7-4-5-11-6-8-20-15(11)16(21)22/h11-15,20H,4-10H2,1-3H3,(H,21,22)/t11-,12+,13-,14+,15+,18-/m1/s1. The van der Waals surface area contributed by atoms with Gasteiger partial charge in [0.05, 0.1) is 11.7 Å². The van der Waals surface area contributed by atoms with Gasteiger partial charge in [0, 0.05) is 0 Å². The lowest BCUT2D eigenvalue weighted by Gasteiger charge is -2.64. The Bertz CT molecular complexity index is 527. The molecule has 134 valence electrons. The highest BCUT2D eigenvalue weighted by molar-refractivity contribution is 6.45. The summed E-state index contributed by atoms with van der Waals surface area (Å²) in [6, 6.07) is -0.372. The first-order chi connectivity index (χ1) is 11.3. The second-order valence-electron chi connectivity index (χ2n) is 9.15. The fourth-order valence-electron chi connectivity index (χ4n) is 5.98. The molecule has 0 aromatic carbocycles. The van der Waals surface area contributed by atoms with E-state index in [1.807, 2.05) is 0 Å². The molecular weight excluding hydrogens is 305 g/mol. The van der Waals surface area contributed by atoms with E-state index in [0.717, 1.165) is 44.5 Å². The molecule has 2 saturated heterocycles. The number of carboxylic acid groups (broad SMARTS) is 1. The van der Waals surface area contributed by atoms with Gasteiger partial charge in [-0.05, 0) is 68.6 Å². The number of carbonyl (C=O) groups is 1. The summed E-state index contributed by atoms with van der Waals surface area (Å²) < 4.78 is 12.7. The Morgan fingerprint density at radius 1 is 1.33 bits per heavy atom. The molecule has 3 saturated carbocycles. The van der Waals surface area contributed by atoms with Crippen molar-refractivity contribution in [2.24, 2.45) is 23.2 Å². The molecule has 6 heteroatoms. The van der Waals surface area contributed by atoms with E-state index >= 15 is 0 Å². The van der Waals surface area contributed by atoms with Gasteiger partial charge in [0.1, 0.15) is 6.04 Å². The molecule has 5 nitrogen and oxygen atoms in total. The molecule has 2 heterocycles. The molecule has 0 amide bonds. The third-order valence-electron chi connectivity index (χ3n) is 7.63. The van der Waals surface area contributed by atoms with Crippen LogP contribution in [0.25, 0.3) is 0 Å². The Balaban J connectivity index is 1.30. The van der Waals surface area contributed by atoms with E-state index in [-0.39, 0.29) is 30.8 Å². The molecule has 0 aromatic heterocycles. The molecule has 2 bridgehead atoms. The van der Waals surface area contributed by atoms with Gasteiger partial charge >= 0.3 is 13.1 Å². The van der Waals surface area contributed by atoms with Crippen molar-refractivity contribution < 1.29 is 19.2 Å². The van der Waals surface area contributed by atoms with Crippen LogP contribution in [0, 0.1) is 23.2 Å². The van der Waals surface area contributed by atoms with Crippen LogP contribution in [0.3, 0.4) is 0 Å². The minimum atomic E-state index is -0.716. The molecule has 3 aliphatic carbocycles. The van der Waals surface area contributed by atoms with Crippen LogP contribution in [0.5, 0.6) is 0 Å². The van der Waals surface area contributed by atoms with Gasteiger partial charge in [-0.25, -0.2) is 0 Å². The predicted octanol–water partition coefficient (Wildman–Crippen LogP) is 2.56. The number of hydrogen-bond donors (Lipinski definition) is 2. The van der Waals surface area contributed by atoms with Gasteiger partial charge in [0.15, 0.2) is 0 Å². The molecule has 2 aliphatic heterocycles. The van der Waals surface area contributed by atoms with Crippen molar-refractivity contribution in [3.05, 3.63) is 0 Å². The Kier molecular flexibility index (Phi) is 4.01. The van der Waals surface area contributed by atoms with Gasteiger partial charge < -0.3 is 19.7 Å². The second-order valence-corrected chi connectivity index (χ2v) is 9.15. The van der Waals surface area contributed by atoms with Crippen LogP contribution in [0.15, 0.2) is 0 Å². The maximum absolute atomic E-state index is 11.2. The Labute approximate surface area is 145 Å². The van der Waals surface area contributed by atoms with Crippen molar-refractivity contribution in [1.29, 1.82) is 0 Å². The topological polar surface area (TPSA) is 67.8 Å². The van der Waals surface area contributed by atoms with E-state index in [0.29, 0.717) is 11.3 Å². The molecule has 2 N–H and O–H groups in total. The Morgan fingerprint density at radius 3 is 2.83 bits per heavy atom. The summed E-state index contributed by atoms with van der Waals surface area (Å²) in [5, 5.41) is 12.3. The van der Waals surface area contributed by atoms with Crippen LogP contribution in [0.2, 0.25) is 6.32 Å². The summed E-state index contributed by atoms with van der Waals surface area (Å²) in [4.78, 5) is 11.2. The van der Waals surface area contributed by atoms with E-state index in [4.69, 9.17) is 9.31 Å². The van der Waals surface area contributed by atoms with E-state index in [2.05, 4.69) is 26.1 Å². The normalized spacial score (nSPS) is 45.8. The van der Waals surface area contributed by atoms with Crippen LogP contribution in [0.4, 0.5) is 0 Å².